The van der Waals surface area contributed by atoms with Crippen molar-refractivity contribution in [3.05, 3.63) is 0 Å². The highest BCUT2D eigenvalue weighted by molar-refractivity contribution is 5.85. The quantitative estimate of drug-likeness (QED) is 0.563. The summed E-state index contributed by atoms with van der Waals surface area (Å²) in [5.41, 5.74) is -0.306. The van der Waals surface area contributed by atoms with Crippen LogP contribution in [0.15, 0.2) is 0 Å². The first-order chi connectivity index (χ1) is 4.33. The van der Waals surface area contributed by atoms with Gasteiger partial charge < -0.3 is 10.1 Å². The van der Waals surface area contributed by atoms with Gasteiger partial charge >= 0.3 is 0 Å². The summed E-state index contributed by atoms with van der Waals surface area (Å²) in [6.45, 7) is 1.76. The fourth-order valence-electron chi connectivity index (χ4n) is 1.03. The third-order valence-corrected chi connectivity index (χ3v) is 1.77. The lowest BCUT2D eigenvalue weighted by molar-refractivity contribution is 0.0589. The van der Waals surface area contributed by atoms with Gasteiger partial charge in [-0.2, -0.15) is 0 Å². The Balaban J connectivity index is 0.000000810. The number of rotatable bonds is 1. The summed E-state index contributed by atoms with van der Waals surface area (Å²) in [5, 5.41) is 3.15. The number of methoxy groups -OCH3 is 1. The van der Waals surface area contributed by atoms with E-state index in [0.717, 1.165) is 19.5 Å². The van der Waals surface area contributed by atoms with Crippen molar-refractivity contribution in [2.75, 3.05) is 20.2 Å². The molecule has 1 N–H and O–H groups in total. The minimum absolute atomic E-state index is 0. The Morgan fingerprint density at radius 3 is 2.60 bits per heavy atom. The molecule has 1 aliphatic rings. The molecular weight excluding hydrogens is 150 g/mol. The largest absolute Gasteiger partial charge is 0.364 e. The lowest BCUT2D eigenvalue weighted by atomic mass is 10.1. The molecule has 3 heteroatoms. The molecule has 0 amide bonds. The van der Waals surface area contributed by atoms with E-state index < -0.39 is 0 Å². The standard InChI is InChI=1S/C7H11NO.ClH/c1-3-7(9-2)4-5-8-6-7;/h1,8H,4-6H2,2H3;1H. The maximum absolute atomic E-state index is 5.26. The molecule has 0 aliphatic carbocycles. The molecule has 0 radical (unpaired) electrons. The fraction of sp³-hybridized carbons (Fsp3) is 0.714. The van der Waals surface area contributed by atoms with E-state index in [4.69, 9.17) is 11.2 Å². The van der Waals surface area contributed by atoms with Crippen molar-refractivity contribution in [3.63, 3.8) is 0 Å². The van der Waals surface area contributed by atoms with Crippen LogP contribution in [0.5, 0.6) is 0 Å². The fourth-order valence-corrected chi connectivity index (χ4v) is 1.03. The van der Waals surface area contributed by atoms with E-state index in [1.807, 2.05) is 0 Å². The molecule has 1 rings (SSSR count). The Morgan fingerprint density at radius 1 is 1.70 bits per heavy atom. The smallest absolute Gasteiger partial charge is 0.141 e. The van der Waals surface area contributed by atoms with Gasteiger partial charge in [0.15, 0.2) is 0 Å². The number of terminal acetylenes is 1. The number of hydrogen-bond acceptors (Lipinski definition) is 2. The van der Waals surface area contributed by atoms with Crippen LogP contribution >= 0.6 is 12.4 Å². The number of nitrogens with one attached hydrogen (secondary N) is 1. The number of hydrogen-bond donors (Lipinski definition) is 1. The van der Waals surface area contributed by atoms with E-state index >= 15 is 0 Å². The van der Waals surface area contributed by atoms with Crippen LogP contribution in [0.3, 0.4) is 0 Å². The Hall–Kier alpha value is -0.230. The highest BCUT2D eigenvalue weighted by Crippen LogP contribution is 2.16. The normalized spacial score (nSPS) is 30.8. The summed E-state index contributed by atoms with van der Waals surface area (Å²) in [5.74, 6) is 2.64. The zero-order valence-corrected chi connectivity index (χ0v) is 6.83. The predicted molar refractivity (Wildman–Crippen MR) is 43.3 cm³/mol. The first kappa shape index (κ1) is 9.77. The zero-order valence-electron chi connectivity index (χ0n) is 6.02. The monoisotopic (exact) mass is 161 g/mol. The SMILES string of the molecule is C#CC1(OC)CCNC1.Cl. The van der Waals surface area contributed by atoms with Crippen molar-refractivity contribution in [1.82, 2.24) is 5.32 Å². The first-order valence-electron chi connectivity index (χ1n) is 3.07. The van der Waals surface area contributed by atoms with Crippen LogP contribution in [0.4, 0.5) is 0 Å². The Labute approximate surface area is 67.7 Å². The first-order valence-corrected chi connectivity index (χ1v) is 3.07. The lowest BCUT2D eigenvalue weighted by Crippen LogP contribution is -2.31. The second-order valence-corrected chi connectivity index (χ2v) is 2.27. The van der Waals surface area contributed by atoms with Crippen LogP contribution in [-0.4, -0.2) is 25.8 Å². The van der Waals surface area contributed by atoms with Crippen molar-refractivity contribution in [1.29, 1.82) is 0 Å². The molecule has 1 heterocycles. The molecule has 0 aromatic carbocycles. The molecule has 2 nitrogen and oxygen atoms in total. The molecule has 58 valence electrons. The Kier molecular flexibility index (Phi) is 3.73. The van der Waals surface area contributed by atoms with Crippen molar-refractivity contribution < 1.29 is 4.74 Å². The molecule has 0 spiro atoms. The third kappa shape index (κ3) is 1.63. The van der Waals surface area contributed by atoms with Crippen LogP contribution in [0, 0.1) is 12.3 Å². The van der Waals surface area contributed by atoms with Gasteiger partial charge in [-0.25, -0.2) is 0 Å². The van der Waals surface area contributed by atoms with E-state index in [2.05, 4.69) is 11.2 Å². The molecule has 10 heavy (non-hydrogen) atoms. The van der Waals surface area contributed by atoms with Crippen molar-refractivity contribution in [3.8, 4) is 12.3 Å². The highest BCUT2D eigenvalue weighted by Gasteiger charge is 2.30. The van der Waals surface area contributed by atoms with E-state index in [1.54, 1.807) is 7.11 Å². The molecule has 1 fully saturated rings. The number of halogens is 1. The Morgan fingerprint density at radius 2 is 2.40 bits per heavy atom. The summed E-state index contributed by atoms with van der Waals surface area (Å²) in [6.07, 6.45) is 6.19. The van der Waals surface area contributed by atoms with Gasteiger partial charge in [0.25, 0.3) is 0 Å². The topological polar surface area (TPSA) is 21.3 Å². The molecule has 0 saturated carbocycles. The Bertz CT molecular complexity index is 135. The zero-order chi connectivity index (χ0) is 6.74. The minimum atomic E-state index is -0.306. The summed E-state index contributed by atoms with van der Waals surface area (Å²) in [6, 6.07) is 0. The second-order valence-electron chi connectivity index (χ2n) is 2.27. The van der Waals surface area contributed by atoms with Crippen LogP contribution in [0.1, 0.15) is 6.42 Å². The van der Waals surface area contributed by atoms with E-state index in [0.29, 0.717) is 0 Å². The molecule has 1 saturated heterocycles. The van der Waals surface area contributed by atoms with E-state index in [9.17, 15) is 0 Å². The van der Waals surface area contributed by atoms with Gasteiger partial charge in [0.2, 0.25) is 0 Å². The van der Waals surface area contributed by atoms with E-state index in [1.165, 1.54) is 0 Å². The summed E-state index contributed by atoms with van der Waals surface area (Å²) < 4.78 is 5.15. The summed E-state index contributed by atoms with van der Waals surface area (Å²) >= 11 is 0. The lowest BCUT2D eigenvalue weighted by Gasteiger charge is -2.18. The predicted octanol–water partition coefficient (Wildman–Crippen LogP) is 0.420. The van der Waals surface area contributed by atoms with Gasteiger partial charge in [0.05, 0.1) is 0 Å². The average Bonchev–Trinajstić information content (AvgIpc) is 2.36. The average molecular weight is 162 g/mol. The molecule has 0 aromatic heterocycles. The second kappa shape index (κ2) is 3.82. The van der Waals surface area contributed by atoms with Crippen LogP contribution in [0.25, 0.3) is 0 Å². The summed E-state index contributed by atoms with van der Waals surface area (Å²) in [4.78, 5) is 0. The van der Waals surface area contributed by atoms with Gasteiger partial charge in [-0.05, 0) is 6.54 Å². The molecule has 1 atom stereocenters. The molecule has 0 aromatic rings. The van der Waals surface area contributed by atoms with Crippen molar-refractivity contribution in [2.24, 2.45) is 0 Å². The van der Waals surface area contributed by atoms with E-state index in [-0.39, 0.29) is 18.0 Å². The maximum atomic E-state index is 5.26. The highest BCUT2D eigenvalue weighted by atomic mass is 35.5. The van der Waals surface area contributed by atoms with Crippen molar-refractivity contribution >= 4 is 12.4 Å². The van der Waals surface area contributed by atoms with Gasteiger partial charge in [-0.1, -0.05) is 5.92 Å². The van der Waals surface area contributed by atoms with Crippen molar-refractivity contribution in [2.45, 2.75) is 12.0 Å². The van der Waals surface area contributed by atoms with Gasteiger partial charge in [0.1, 0.15) is 5.60 Å². The molecular formula is C7H12ClNO. The van der Waals surface area contributed by atoms with Gasteiger partial charge in [0, 0.05) is 20.1 Å². The molecule has 0 bridgehead atoms. The van der Waals surface area contributed by atoms with Crippen LogP contribution in [-0.2, 0) is 4.74 Å². The molecule has 1 unspecified atom stereocenters. The third-order valence-electron chi connectivity index (χ3n) is 1.77. The van der Waals surface area contributed by atoms with Gasteiger partial charge in [-0.3, -0.25) is 0 Å². The molecule has 1 aliphatic heterocycles. The maximum Gasteiger partial charge on any atom is 0.141 e. The number of ether oxygens (including phenoxy) is 1. The minimum Gasteiger partial charge on any atom is -0.364 e. The van der Waals surface area contributed by atoms with Crippen LogP contribution < -0.4 is 5.32 Å². The van der Waals surface area contributed by atoms with Gasteiger partial charge in [-0.15, -0.1) is 18.8 Å². The van der Waals surface area contributed by atoms with Crippen LogP contribution in [0.2, 0.25) is 0 Å². The summed E-state index contributed by atoms with van der Waals surface area (Å²) in [7, 11) is 1.66.